The summed E-state index contributed by atoms with van der Waals surface area (Å²) in [6, 6.07) is 7.40. The summed E-state index contributed by atoms with van der Waals surface area (Å²) >= 11 is 0. The summed E-state index contributed by atoms with van der Waals surface area (Å²) in [5, 5.41) is 22.0. The number of fused-ring (bicyclic) bond motifs is 1. The van der Waals surface area contributed by atoms with Crippen molar-refractivity contribution in [1.29, 1.82) is 5.41 Å². The second kappa shape index (κ2) is 7.43. The molecule has 0 atom stereocenters. The van der Waals surface area contributed by atoms with Gasteiger partial charge in [0.15, 0.2) is 5.65 Å². The Morgan fingerprint density at radius 2 is 2.24 bits per heavy atom. The Morgan fingerprint density at radius 3 is 3.04 bits per heavy atom. The van der Waals surface area contributed by atoms with E-state index in [1.807, 2.05) is 19.1 Å². The van der Waals surface area contributed by atoms with E-state index in [1.165, 1.54) is 6.21 Å². The van der Waals surface area contributed by atoms with Gasteiger partial charge in [0, 0.05) is 36.1 Å². The first-order valence-electron chi connectivity index (χ1n) is 7.95. The highest BCUT2D eigenvalue weighted by molar-refractivity contribution is 6.07. The molecule has 3 aromatic heterocycles. The third-order valence-electron chi connectivity index (χ3n) is 3.68. The molecule has 0 saturated carbocycles. The lowest BCUT2D eigenvalue weighted by Gasteiger charge is -2.10. The lowest BCUT2D eigenvalue weighted by atomic mass is 10.2. The highest BCUT2D eigenvalue weighted by Gasteiger charge is 2.09. The summed E-state index contributed by atoms with van der Waals surface area (Å²) in [7, 11) is 0. The molecule has 0 aliphatic heterocycles. The zero-order chi connectivity index (χ0) is 17.6. The molecular weight excluding hydrogens is 316 g/mol. The lowest BCUT2D eigenvalue weighted by molar-refractivity contribution is 0.921. The van der Waals surface area contributed by atoms with Crippen LogP contribution in [-0.2, 0) is 6.54 Å². The van der Waals surface area contributed by atoms with E-state index in [0.717, 1.165) is 23.3 Å². The van der Waals surface area contributed by atoms with Gasteiger partial charge in [0.05, 0.1) is 23.6 Å². The van der Waals surface area contributed by atoms with E-state index in [0.29, 0.717) is 29.3 Å². The van der Waals surface area contributed by atoms with E-state index in [-0.39, 0.29) is 0 Å². The smallest absolute Gasteiger partial charge is 0.155 e. The number of anilines is 2. The van der Waals surface area contributed by atoms with Crippen LogP contribution in [0, 0.1) is 5.41 Å². The number of hydrogen-bond acceptors (Lipinski definition) is 7. The molecule has 3 rings (SSSR count). The number of nitrogen functional groups attached to an aromatic ring is 1. The molecule has 0 saturated heterocycles. The number of H-pyrrole nitrogens is 1. The van der Waals surface area contributed by atoms with E-state index < -0.39 is 0 Å². The van der Waals surface area contributed by atoms with Crippen molar-refractivity contribution in [3.05, 3.63) is 48.1 Å². The Bertz CT molecular complexity index is 912. The molecule has 0 aliphatic rings. The lowest BCUT2D eigenvalue weighted by Crippen LogP contribution is -2.08. The van der Waals surface area contributed by atoms with Crippen LogP contribution in [0.2, 0.25) is 0 Å². The maximum atomic E-state index is 7.56. The van der Waals surface area contributed by atoms with Gasteiger partial charge in [-0.05, 0) is 31.2 Å². The Kier molecular flexibility index (Phi) is 4.89. The SMILES string of the molecule is CCN/C=C(\C=N)c1ccc(N)c(NCc2n[nH]c3ncccc23)n1. The fraction of sp³-hybridized carbons (Fsp3) is 0.176. The summed E-state index contributed by atoms with van der Waals surface area (Å²) in [5.74, 6) is 0.557. The average Bonchev–Trinajstić information content (AvgIpc) is 3.05. The van der Waals surface area contributed by atoms with Gasteiger partial charge in [-0.1, -0.05) is 0 Å². The molecule has 0 unspecified atom stereocenters. The molecule has 0 amide bonds. The second-order valence-electron chi connectivity index (χ2n) is 5.36. The molecule has 8 nitrogen and oxygen atoms in total. The number of nitrogens with zero attached hydrogens (tertiary/aromatic N) is 3. The number of aromatic amines is 1. The van der Waals surface area contributed by atoms with E-state index in [4.69, 9.17) is 11.1 Å². The summed E-state index contributed by atoms with van der Waals surface area (Å²) in [6.45, 7) is 3.23. The molecule has 3 aromatic rings. The van der Waals surface area contributed by atoms with Crippen LogP contribution in [0.5, 0.6) is 0 Å². The van der Waals surface area contributed by atoms with Gasteiger partial charge in [0.2, 0.25) is 0 Å². The maximum absolute atomic E-state index is 7.56. The zero-order valence-corrected chi connectivity index (χ0v) is 13.9. The Hall–Kier alpha value is -3.42. The average molecular weight is 336 g/mol. The molecule has 25 heavy (non-hydrogen) atoms. The van der Waals surface area contributed by atoms with Crippen LogP contribution in [0.25, 0.3) is 16.6 Å². The van der Waals surface area contributed by atoms with E-state index in [1.54, 1.807) is 24.5 Å². The molecule has 0 bridgehead atoms. The van der Waals surface area contributed by atoms with E-state index in [2.05, 4.69) is 30.8 Å². The van der Waals surface area contributed by atoms with Crippen molar-refractivity contribution >= 4 is 34.3 Å². The van der Waals surface area contributed by atoms with Gasteiger partial charge in [-0.2, -0.15) is 5.10 Å². The van der Waals surface area contributed by atoms with Gasteiger partial charge >= 0.3 is 0 Å². The second-order valence-corrected chi connectivity index (χ2v) is 5.36. The van der Waals surface area contributed by atoms with Crippen LogP contribution >= 0.6 is 0 Å². The van der Waals surface area contributed by atoms with Crippen LogP contribution in [0.1, 0.15) is 18.3 Å². The molecular formula is C17H20N8. The van der Waals surface area contributed by atoms with Gasteiger partial charge in [-0.15, -0.1) is 0 Å². The van der Waals surface area contributed by atoms with Gasteiger partial charge in [-0.25, -0.2) is 9.97 Å². The molecule has 0 aromatic carbocycles. The highest BCUT2D eigenvalue weighted by atomic mass is 15.2. The van der Waals surface area contributed by atoms with Crippen LogP contribution < -0.4 is 16.4 Å². The monoisotopic (exact) mass is 336 g/mol. The van der Waals surface area contributed by atoms with E-state index in [9.17, 15) is 0 Å². The summed E-state index contributed by atoms with van der Waals surface area (Å²) in [4.78, 5) is 8.75. The summed E-state index contributed by atoms with van der Waals surface area (Å²) < 4.78 is 0. The minimum atomic E-state index is 0.462. The van der Waals surface area contributed by atoms with E-state index >= 15 is 0 Å². The third-order valence-corrected chi connectivity index (χ3v) is 3.68. The predicted molar refractivity (Wildman–Crippen MR) is 100 cm³/mol. The summed E-state index contributed by atoms with van der Waals surface area (Å²) in [5.41, 5.74) is 9.49. The third kappa shape index (κ3) is 3.57. The number of pyridine rings is 2. The number of hydrogen-bond donors (Lipinski definition) is 5. The van der Waals surface area contributed by atoms with Crippen LogP contribution in [0.15, 0.2) is 36.7 Å². The van der Waals surface area contributed by atoms with Crippen LogP contribution in [-0.4, -0.2) is 32.9 Å². The minimum absolute atomic E-state index is 0.462. The quantitative estimate of drug-likeness (QED) is 0.421. The maximum Gasteiger partial charge on any atom is 0.155 e. The first-order valence-corrected chi connectivity index (χ1v) is 7.95. The predicted octanol–water partition coefficient (Wildman–Crippen LogP) is 2.15. The number of aromatic nitrogens is 4. The normalized spacial score (nSPS) is 11.5. The van der Waals surface area contributed by atoms with Gasteiger partial charge < -0.3 is 21.8 Å². The summed E-state index contributed by atoms with van der Waals surface area (Å²) in [6.07, 6.45) is 4.75. The molecule has 6 N–H and O–H groups in total. The number of allylic oxidation sites excluding steroid dienone is 1. The number of nitrogens with two attached hydrogens (primary N) is 1. The molecule has 0 spiro atoms. The Labute approximate surface area is 145 Å². The number of nitrogens with one attached hydrogen (secondary N) is 4. The van der Waals surface area contributed by atoms with Crippen molar-refractivity contribution < 1.29 is 0 Å². The molecule has 0 aliphatic carbocycles. The van der Waals surface area contributed by atoms with Gasteiger partial charge in [-0.3, -0.25) is 5.10 Å². The van der Waals surface area contributed by atoms with Crippen molar-refractivity contribution in [2.45, 2.75) is 13.5 Å². The standard InChI is InChI=1S/C17H20N8/c1-2-20-9-11(8-18)14-6-5-13(19)17(23-14)22-10-15-12-4-3-7-21-16(12)25-24-15/h3-9,18,20H,2,10,19H2,1H3,(H,22,23)(H,21,24,25)/b11-9+,18-8?. The van der Waals surface area contributed by atoms with Crippen molar-refractivity contribution in [3.63, 3.8) is 0 Å². The van der Waals surface area contributed by atoms with Crippen molar-refractivity contribution in [2.75, 3.05) is 17.6 Å². The fourth-order valence-corrected chi connectivity index (χ4v) is 2.38. The molecule has 0 fully saturated rings. The molecule has 8 heteroatoms. The Balaban J connectivity index is 1.82. The number of rotatable bonds is 7. The first-order chi connectivity index (χ1) is 12.2. The Morgan fingerprint density at radius 1 is 1.36 bits per heavy atom. The topological polar surface area (TPSA) is 128 Å². The minimum Gasteiger partial charge on any atom is -0.396 e. The van der Waals surface area contributed by atoms with Crippen molar-refractivity contribution in [1.82, 2.24) is 25.5 Å². The van der Waals surface area contributed by atoms with Crippen molar-refractivity contribution in [2.24, 2.45) is 0 Å². The largest absolute Gasteiger partial charge is 0.396 e. The first kappa shape index (κ1) is 16.4. The van der Waals surface area contributed by atoms with Crippen LogP contribution in [0.3, 0.4) is 0 Å². The zero-order valence-electron chi connectivity index (χ0n) is 13.9. The van der Waals surface area contributed by atoms with Gasteiger partial charge in [0.25, 0.3) is 0 Å². The molecule has 128 valence electrons. The highest BCUT2D eigenvalue weighted by Crippen LogP contribution is 2.21. The fourth-order valence-electron chi connectivity index (χ4n) is 2.38. The van der Waals surface area contributed by atoms with Crippen LogP contribution in [0.4, 0.5) is 11.5 Å². The molecule has 0 radical (unpaired) electrons. The van der Waals surface area contributed by atoms with Crippen molar-refractivity contribution in [3.8, 4) is 0 Å². The van der Waals surface area contributed by atoms with Gasteiger partial charge in [0.1, 0.15) is 5.82 Å². The molecule has 3 heterocycles.